The number of carbonyl (C=O) groups is 1. The lowest BCUT2D eigenvalue weighted by molar-refractivity contribution is -0.161. The van der Waals surface area contributed by atoms with Crippen molar-refractivity contribution < 1.29 is 9.53 Å². The van der Waals surface area contributed by atoms with Crippen LogP contribution in [0.2, 0.25) is 0 Å². The van der Waals surface area contributed by atoms with Crippen LogP contribution >= 0.6 is 0 Å². The first-order chi connectivity index (χ1) is 5.33. The van der Waals surface area contributed by atoms with Gasteiger partial charge in [-0.05, 0) is 25.7 Å². The van der Waals surface area contributed by atoms with Crippen LogP contribution in [-0.4, -0.2) is 12.6 Å². The number of hydrogen-bond donors (Lipinski definition) is 0. The summed E-state index contributed by atoms with van der Waals surface area (Å²) >= 11 is 0. The van der Waals surface area contributed by atoms with Crippen LogP contribution < -0.4 is 0 Å². The molecule has 0 aromatic rings. The number of ether oxygens (including phenoxy) is 1. The number of carbonyl (C=O) groups excluding carboxylic acids is 1. The Hall–Kier alpha value is -0.530. The molecule has 0 unspecified atom stereocenters. The minimum Gasteiger partial charge on any atom is -0.465 e. The lowest BCUT2D eigenvalue weighted by Crippen LogP contribution is -2.34. The second-order valence-electron chi connectivity index (χ2n) is 3.73. The summed E-state index contributed by atoms with van der Waals surface area (Å²) in [4.78, 5) is 11.4. The molecule has 1 aliphatic heterocycles. The van der Waals surface area contributed by atoms with Gasteiger partial charge in [0.05, 0.1) is 12.0 Å². The van der Waals surface area contributed by atoms with Crippen molar-refractivity contribution >= 4 is 5.97 Å². The molecule has 2 aliphatic rings. The van der Waals surface area contributed by atoms with Gasteiger partial charge < -0.3 is 4.74 Å². The minimum atomic E-state index is -0.0295. The average molecular weight is 154 g/mol. The monoisotopic (exact) mass is 154 g/mol. The van der Waals surface area contributed by atoms with Gasteiger partial charge in [0.15, 0.2) is 0 Å². The standard InChI is InChI=1S/C9H14O2/c10-8-9(4-1-2-5-9)6-3-7-11-8/h1-7H2. The van der Waals surface area contributed by atoms with Crippen LogP contribution in [0.15, 0.2) is 0 Å². The van der Waals surface area contributed by atoms with Gasteiger partial charge in [0.2, 0.25) is 0 Å². The maximum absolute atomic E-state index is 11.4. The molecule has 0 N–H and O–H groups in total. The fourth-order valence-corrected chi connectivity index (χ4v) is 2.34. The lowest BCUT2D eigenvalue weighted by atomic mass is 9.80. The normalized spacial score (nSPS) is 28.9. The zero-order valence-electron chi connectivity index (χ0n) is 6.77. The Balaban J connectivity index is 2.13. The van der Waals surface area contributed by atoms with Gasteiger partial charge in [0.1, 0.15) is 0 Å². The van der Waals surface area contributed by atoms with Gasteiger partial charge in [0, 0.05) is 0 Å². The zero-order valence-corrected chi connectivity index (χ0v) is 6.77. The molecular weight excluding hydrogens is 140 g/mol. The van der Waals surface area contributed by atoms with Crippen LogP contribution in [0.1, 0.15) is 38.5 Å². The molecule has 0 bridgehead atoms. The topological polar surface area (TPSA) is 26.3 Å². The van der Waals surface area contributed by atoms with Crippen LogP contribution in [0, 0.1) is 5.41 Å². The Morgan fingerprint density at radius 3 is 2.36 bits per heavy atom. The maximum atomic E-state index is 11.4. The van der Waals surface area contributed by atoms with Crippen LogP contribution in [0.3, 0.4) is 0 Å². The quantitative estimate of drug-likeness (QED) is 0.498. The molecule has 2 rings (SSSR count). The van der Waals surface area contributed by atoms with Crippen molar-refractivity contribution in [2.45, 2.75) is 38.5 Å². The molecule has 0 aromatic heterocycles. The van der Waals surface area contributed by atoms with Crippen molar-refractivity contribution in [3.8, 4) is 0 Å². The molecular formula is C9H14O2. The van der Waals surface area contributed by atoms with Crippen molar-refractivity contribution in [3.63, 3.8) is 0 Å². The summed E-state index contributed by atoms with van der Waals surface area (Å²) in [5, 5.41) is 0. The number of cyclic esters (lactones) is 1. The van der Waals surface area contributed by atoms with Crippen LogP contribution in [0.25, 0.3) is 0 Å². The first-order valence-electron chi connectivity index (χ1n) is 4.51. The predicted octanol–water partition coefficient (Wildman–Crippen LogP) is 1.88. The smallest absolute Gasteiger partial charge is 0.312 e. The Morgan fingerprint density at radius 2 is 1.73 bits per heavy atom. The van der Waals surface area contributed by atoms with E-state index >= 15 is 0 Å². The molecule has 0 atom stereocenters. The highest BCUT2D eigenvalue weighted by molar-refractivity contribution is 5.77. The molecule has 2 fully saturated rings. The molecule has 0 radical (unpaired) electrons. The first-order valence-corrected chi connectivity index (χ1v) is 4.51. The van der Waals surface area contributed by atoms with E-state index in [2.05, 4.69) is 0 Å². The van der Waals surface area contributed by atoms with E-state index in [1.807, 2.05) is 0 Å². The summed E-state index contributed by atoms with van der Waals surface area (Å²) in [5.74, 6) is 0.0845. The van der Waals surface area contributed by atoms with Crippen molar-refractivity contribution in [2.24, 2.45) is 5.41 Å². The van der Waals surface area contributed by atoms with Crippen molar-refractivity contribution in [2.75, 3.05) is 6.61 Å². The Morgan fingerprint density at radius 1 is 1.09 bits per heavy atom. The lowest BCUT2D eigenvalue weighted by Gasteiger charge is -2.30. The van der Waals surface area contributed by atoms with Gasteiger partial charge in [-0.25, -0.2) is 0 Å². The molecule has 0 aromatic carbocycles. The van der Waals surface area contributed by atoms with E-state index in [-0.39, 0.29) is 11.4 Å². The largest absolute Gasteiger partial charge is 0.465 e. The van der Waals surface area contributed by atoms with Gasteiger partial charge >= 0.3 is 5.97 Å². The Kier molecular flexibility index (Phi) is 1.63. The summed E-state index contributed by atoms with van der Waals surface area (Å²) in [7, 11) is 0. The molecule has 2 nitrogen and oxygen atoms in total. The van der Waals surface area contributed by atoms with Gasteiger partial charge in [-0.15, -0.1) is 0 Å². The van der Waals surface area contributed by atoms with Gasteiger partial charge in [-0.1, -0.05) is 12.8 Å². The zero-order chi connectivity index (χ0) is 7.73. The van der Waals surface area contributed by atoms with E-state index in [0.717, 1.165) is 25.7 Å². The second kappa shape index (κ2) is 2.50. The number of esters is 1. The van der Waals surface area contributed by atoms with Gasteiger partial charge in [0.25, 0.3) is 0 Å². The summed E-state index contributed by atoms with van der Waals surface area (Å²) in [5.41, 5.74) is -0.0295. The molecule has 1 heterocycles. The van der Waals surface area contributed by atoms with Crippen LogP contribution in [0.5, 0.6) is 0 Å². The van der Waals surface area contributed by atoms with E-state index in [9.17, 15) is 4.79 Å². The summed E-state index contributed by atoms with van der Waals surface area (Å²) < 4.78 is 5.08. The molecule has 2 heteroatoms. The molecule has 1 saturated carbocycles. The SMILES string of the molecule is O=C1OCCCC12CCCC2. The molecule has 1 spiro atoms. The van der Waals surface area contributed by atoms with Crippen LogP contribution in [0.4, 0.5) is 0 Å². The predicted molar refractivity (Wildman–Crippen MR) is 41.1 cm³/mol. The second-order valence-corrected chi connectivity index (χ2v) is 3.73. The van der Waals surface area contributed by atoms with E-state index in [1.54, 1.807) is 0 Å². The molecule has 11 heavy (non-hydrogen) atoms. The van der Waals surface area contributed by atoms with Gasteiger partial charge in [-0.3, -0.25) is 4.79 Å². The maximum Gasteiger partial charge on any atom is 0.312 e. The third-order valence-corrected chi connectivity index (χ3v) is 3.03. The van der Waals surface area contributed by atoms with E-state index in [4.69, 9.17) is 4.74 Å². The minimum absolute atomic E-state index is 0.0295. The van der Waals surface area contributed by atoms with Crippen molar-refractivity contribution in [1.82, 2.24) is 0 Å². The highest BCUT2D eigenvalue weighted by Crippen LogP contribution is 2.44. The fourth-order valence-electron chi connectivity index (χ4n) is 2.34. The van der Waals surface area contributed by atoms with E-state index in [1.165, 1.54) is 12.8 Å². The molecule has 1 aliphatic carbocycles. The number of hydrogen-bond acceptors (Lipinski definition) is 2. The van der Waals surface area contributed by atoms with Gasteiger partial charge in [-0.2, -0.15) is 0 Å². The summed E-state index contributed by atoms with van der Waals surface area (Å²) in [6.07, 6.45) is 6.74. The summed E-state index contributed by atoms with van der Waals surface area (Å²) in [6, 6.07) is 0. The van der Waals surface area contributed by atoms with Crippen molar-refractivity contribution in [3.05, 3.63) is 0 Å². The molecule has 0 amide bonds. The average Bonchev–Trinajstić information content (AvgIpc) is 2.46. The Labute approximate surface area is 66.9 Å². The highest BCUT2D eigenvalue weighted by Gasteiger charge is 2.43. The summed E-state index contributed by atoms with van der Waals surface area (Å²) in [6.45, 7) is 0.653. The third-order valence-electron chi connectivity index (χ3n) is 3.03. The van der Waals surface area contributed by atoms with Crippen molar-refractivity contribution in [1.29, 1.82) is 0 Å². The fraction of sp³-hybridized carbons (Fsp3) is 0.889. The highest BCUT2D eigenvalue weighted by atomic mass is 16.5. The Bertz CT molecular complexity index is 168. The third kappa shape index (κ3) is 1.05. The first kappa shape index (κ1) is 7.14. The molecule has 1 saturated heterocycles. The molecule has 62 valence electrons. The van der Waals surface area contributed by atoms with E-state index < -0.39 is 0 Å². The van der Waals surface area contributed by atoms with E-state index in [0.29, 0.717) is 6.61 Å². The number of rotatable bonds is 0. The van der Waals surface area contributed by atoms with Crippen LogP contribution in [-0.2, 0) is 9.53 Å².